The van der Waals surface area contributed by atoms with Gasteiger partial charge in [-0.25, -0.2) is 14.2 Å². The van der Waals surface area contributed by atoms with Crippen molar-refractivity contribution in [3.8, 4) is 16.3 Å². The molecule has 1 atom stereocenters. The van der Waals surface area contributed by atoms with Gasteiger partial charge in [0, 0.05) is 42.0 Å². The van der Waals surface area contributed by atoms with Gasteiger partial charge in [0.2, 0.25) is 0 Å². The number of alkyl halides is 1. The summed E-state index contributed by atoms with van der Waals surface area (Å²) in [6.45, 7) is 2.36. The summed E-state index contributed by atoms with van der Waals surface area (Å²) in [5, 5.41) is 12.3. The third-order valence-corrected chi connectivity index (χ3v) is 5.36. The minimum Gasteiger partial charge on any atom is -0.497 e. The highest BCUT2D eigenvalue weighted by Crippen LogP contribution is 2.28. The van der Waals surface area contributed by atoms with Crippen molar-refractivity contribution >= 4 is 28.9 Å². The molecule has 2 heterocycles. The number of thiazole rings is 1. The summed E-state index contributed by atoms with van der Waals surface area (Å²) in [5.41, 5.74) is 0.871. The zero-order valence-electron chi connectivity index (χ0n) is 15.9. The molecule has 0 fully saturated rings. The van der Waals surface area contributed by atoms with Crippen molar-refractivity contribution in [2.45, 2.75) is 26.1 Å². The second-order valence-electron chi connectivity index (χ2n) is 6.24. The molecule has 152 valence electrons. The number of hydrogen-bond donors (Lipinski definition) is 2. The molecule has 0 aliphatic carbocycles. The molecule has 9 heteroatoms. The van der Waals surface area contributed by atoms with Crippen molar-refractivity contribution in [1.29, 1.82) is 0 Å². The number of rotatable bonds is 8. The summed E-state index contributed by atoms with van der Waals surface area (Å²) >= 11 is 1.30. The first-order valence-electron chi connectivity index (χ1n) is 8.88. The Balaban J connectivity index is 1.66. The summed E-state index contributed by atoms with van der Waals surface area (Å²) in [5.74, 6) is -1.35. The van der Waals surface area contributed by atoms with Crippen LogP contribution in [0, 0.1) is 0 Å². The SMILES string of the molecule is CCn1cc(NC(=O)C(F)Cc2cnc(-c3ccc(OC)cc3)s2)c(C(=O)O)c1. The smallest absolute Gasteiger partial charge is 0.339 e. The molecule has 2 N–H and O–H groups in total. The van der Waals surface area contributed by atoms with Crippen LogP contribution in [0.1, 0.15) is 22.2 Å². The van der Waals surface area contributed by atoms with Crippen molar-refractivity contribution in [3.63, 3.8) is 0 Å². The van der Waals surface area contributed by atoms with Crippen LogP contribution in [0.3, 0.4) is 0 Å². The molecule has 29 heavy (non-hydrogen) atoms. The third-order valence-electron chi connectivity index (χ3n) is 4.29. The van der Waals surface area contributed by atoms with E-state index in [-0.39, 0.29) is 17.7 Å². The molecule has 0 radical (unpaired) electrons. The van der Waals surface area contributed by atoms with E-state index in [0.717, 1.165) is 11.3 Å². The van der Waals surface area contributed by atoms with E-state index >= 15 is 0 Å². The molecule has 0 spiro atoms. The van der Waals surface area contributed by atoms with Crippen molar-refractivity contribution in [2.24, 2.45) is 0 Å². The van der Waals surface area contributed by atoms with Gasteiger partial charge in [0.1, 0.15) is 16.3 Å². The van der Waals surface area contributed by atoms with Gasteiger partial charge in [-0.05, 0) is 31.2 Å². The Morgan fingerprint density at radius 2 is 2.03 bits per heavy atom. The lowest BCUT2D eigenvalue weighted by atomic mass is 10.2. The van der Waals surface area contributed by atoms with Gasteiger partial charge in [-0.2, -0.15) is 0 Å². The number of carbonyl (C=O) groups excluding carboxylic acids is 1. The molecule has 1 aromatic carbocycles. The van der Waals surface area contributed by atoms with Crippen molar-refractivity contribution < 1.29 is 23.8 Å². The number of carbonyl (C=O) groups is 2. The van der Waals surface area contributed by atoms with Gasteiger partial charge in [-0.1, -0.05) is 0 Å². The van der Waals surface area contributed by atoms with Crippen LogP contribution in [0.2, 0.25) is 0 Å². The number of aryl methyl sites for hydroxylation is 1. The number of aromatic nitrogens is 2. The van der Waals surface area contributed by atoms with Gasteiger partial charge >= 0.3 is 5.97 Å². The first-order chi connectivity index (χ1) is 13.9. The van der Waals surface area contributed by atoms with E-state index in [1.54, 1.807) is 17.9 Å². The number of benzene rings is 1. The monoisotopic (exact) mass is 417 g/mol. The molecule has 3 rings (SSSR count). The van der Waals surface area contributed by atoms with E-state index in [4.69, 9.17) is 4.74 Å². The van der Waals surface area contributed by atoms with Crippen LogP contribution >= 0.6 is 11.3 Å². The molecule has 0 saturated heterocycles. The number of carboxylic acid groups (broad SMARTS) is 1. The summed E-state index contributed by atoms with van der Waals surface area (Å²) in [6, 6.07) is 7.33. The highest BCUT2D eigenvalue weighted by molar-refractivity contribution is 7.15. The molecule has 1 unspecified atom stereocenters. The number of carboxylic acids is 1. The second-order valence-corrected chi connectivity index (χ2v) is 7.36. The van der Waals surface area contributed by atoms with Crippen LogP contribution in [-0.2, 0) is 17.8 Å². The normalized spacial score (nSPS) is 11.8. The highest BCUT2D eigenvalue weighted by Gasteiger charge is 2.23. The molecule has 3 aromatic rings. The van der Waals surface area contributed by atoms with Crippen molar-refractivity contribution in [1.82, 2.24) is 9.55 Å². The number of nitrogens with zero attached hydrogens (tertiary/aromatic N) is 2. The van der Waals surface area contributed by atoms with Crippen LogP contribution in [0.4, 0.5) is 10.1 Å². The Kier molecular flexibility index (Phi) is 6.28. The van der Waals surface area contributed by atoms with Crippen LogP contribution < -0.4 is 10.1 Å². The molecule has 7 nitrogen and oxygen atoms in total. The first-order valence-corrected chi connectivity index (χ1v) is 9.70. The highest BCUT2D eigenvalue weighted by atomic mass is 32.1. The Labute approximate surface area is 170 Å². The molecular weight excluding hydrogens is 397 g/mol. The maximum absolute atomic E-state index is 14.5. The second kappa shape index (κ2) is 8.87. The van der Waals surface area contributed by atoms with E-state index in [2.05, 4.69) is 10.3 Å². The minimum absolute atomic E-state index is 0.0769. The predicted molar refractivity (Wildman–Crippen MR) is 108 cm³/mol. The number of aromatic carboxylic acids is 1. The van der Waals surface area contributed by atoms with E-state index < -0.39 is 18.0 Å². The molecule has 0 saturated carbocycles. The Bertz CT molecular complexity index is 1010. The molecule has 0 bridgehead atoms. The summed E-state index contributed by atoms with van der Waals surface area (Å²) in [7, 11) is 1.58. The average Bonchev–Trinajstić information content (AvgIpc) is 3.35. The number of ether oxygens (including phenoxy) is 1. The maximum Gasteiger partial charge on any atom is 0.339 e. The van der Waals surface area contributed by atoms with E-state index in [1.807, 2.05) is 31.2 Å². The summed E-state index contributed by atoms with van der Waals surface area (Å²) in [6.07, 6.45) is 2.44. The molecule has 0 aliphatic rings. The Morgan fingerprint density at radius 1 is 1.31 bits per heavy atom. The van der Waals surface area contributed by atoms with Crippen molar-refractivity contribution in [2.75, 3.05) is 12.4 Å². The maximum atomic E-state index is 14.5. The lowest BCUT2D eigenvalue weighted by Crippen LogP contribution is -2.26. The zero-order chi connectivity index (χ0) is 21.0. The predicted octanol–water partition coefficient (Wildman–Crippen LogP) is 3.86. The number of methoxy groups -OCH3 is 1. The fourth-order valence-corrected chi connectivity index (χ4v) is 3.65. The van der Waals surface area contributed by atoms with E-state index in [0.29, 0.717) is 16.4 Å². The quantitative estimate of drug-likeness (QED) is 0.581. The third kappa shape index (κ3) is 4.80. The summed E-state index contributed by atoms with van der Waals surface area (Å²) in [4.78, 5) is 28.4. The summed E-state index contributed by atoms with van der Waals surface area (Å²) < 4.78 is 21.2. The Hall–Kier alpha value is -3.20. The van der Waals surface area contributed by atoms with Crippen molar-refractivity contribution in [3.05, 3.63) is 53.3 Å². The van der Waals surface area contributed by atoms with Crippen LogP contribution in [0.15, 0.2) is 42.9 Å². The first kappa shape index (κ1) is 20.5. The fraction of sp³-hybridized carbons (Fsp3) is 0.250. The number of nitrogens with one attached hydrogen (secondary N) is 1. The number of amides is 1. The van der Waals surface area contributed by atoms with E-state index in [1.165, 1.54) is 23.7 Å². The van der Waals surface area contributed by atoms with Gasteiger partial charge in [-0.3, -0.25) is 4.79 Å². The van der Waals surface area contributed by atoms with Crippen LogP contribution in [0.5, 0.6) is 5.75 Å². The molecule has 0 aliphatic heterocycles. The topological polar surface area (TPSA) is 93.5 Å². The minimum atomic E-state index is -1.83. The molecule has 2 aromatic heterocycles. The molecular formula is C20H20FN3O4S. The fourth-order valence-electron chi connectivity index (χ4n) is 2.71. The average molecular weight is 417 g/mol. The molecule has 1 amide bonds. The van der Waals surface area contributed by atoms with Gasteiger partial charge in [0.25, 0.3) is 5.91 Å². The standard InChI is InChI=1S/C20H20FN3O4S/c1-3-24-10-15(20(26)27)17(11-24)23-18(25)16(21)8-14-9-22-19(29-14)12-4-6-13(28-2)7-5-12/h4-7,9-11,16H,3,8H2,1-2H3,(H,23,25)(H,26,27). The lowest BCUT2D eigenvalue weighted by Gasteiger charge is -2.08. The van der Waals surface area contributed by atoms with E-state index in [9.17, 15) is 19.1 Å². The van der Waals surface area contributed by atoms with Crippen LogP contribution in [-0.4, -0.2) is 39.8 Å². The van der Waals surface area contributed by atoms with Gasteiger partial charge in [0.05, 0.1) is 12.8 Å². The number of anilines is 1. The zero-order valence-corrected chi connectivity index (χ0v) is 16.7. The number of hydrogen-bond acceptors (Lipinski definition) is 5. The van der Waals surface area contributed by atoms with Gasteiger partial charge in [0.15, 0.2) is 6.17 Å². The number of halogens is 1. The largest absolute Gasteiger partial charge is 0.497 e. The van der Waals surface area contributed by atoms with Gasteiger partial charge in [-0.15, -0.1) is 11.3 Å². The lowest BCUT2D eigenvalue weighted by molar-refractivity contribution is -0.120. The van der Waals surface area contributed by atoms with Gasteiger partial charge < -0.3 is 19.7 Å². The van der Waals surface area contributed by atoms with Crippen LogP contribution in [0.25, 0.3) is 10.6 Å². The Morgan fingerprint density at radius 3 is 2.66 bits per heavy atom.